The Kier molecular flexibility index (Phi) is 3.84. The number of aryl methyl sites for hydroxylation is 1. The van der Waals surface area contributed by atoms with Gasteiger partial charge in [-0.15, -0.1) is 0 Å². The molecule has 3 rings (SSSR count). The molecule has 0 unspecified atom stereocenters. The second-order valence-corrected chi connectivity index (χ2v) is 6.16. The summed E-state index contributed by atoms with van der Waals surface area (Å²) in [7, 11) is 0. The lowest BCUT2D eigenvalue weighted by atomic mass is 9.67. The fraction of sp³-hybridized carbons (Fsp3) is 0.556. The fourth-order valence-corrected chi connectivity index (χ4v) is 3.41. The van der Waals surface area contributed by atoms with Crippen molar-refractivity contribution >= 4 is 11.0 Å². The third-order valence-corrected chi connectivity index (χ3v) is 5.07. The van der Waals surface area contributed by atoms with Gasteiger partial charge in [0.25, 0.3) is 0 Å². The number of hydrogen-bond acceptors (Lipinski definition) is 2. The molecule has 0 saturated heterocycles. The van der Waals surface area contributed by atoms with Gasteiger partial charge in [0.2, 0.25) is 0 Å². The first-order chi connectivity index (χ1) is 9.78. The molecule has 1 aliphatic carbocycles. The van der Waals surface area contributed by atoms with Crippen molar-refractivity contribution < 1.29 is 4.42 Å². The number of para-hydroxylation sites is 1. The molecule has 108 valence electrons. The first-order valence-corrected chi connectivity index (χ1v) is 7.98. The number of furan rings is 1. The third kappa shape index (κ3) is 2.37. The average Bonchev–Trinajstić information content (AvgIpc) is 2.80. The summed E-state index contributed by atoms with van der Waals surface area (Å²) in [4.78, 5) is 0. The van der Waals surface area contributed by atoms with Crippen molar-refractivity contribution in [1.29, 1.82) is 0 Å². The monoisotopic (exact) mass is 271 g/mol. The van der Waals surface area contributed by atoms with Crippen LogP contribution in [0.1, 0.15) is 50.9 Å². The van der Waals surface area contributed by atoms with Crippen LogP contribution >= 0.6 is 0 Å². The fourth-order valence-electron chi connectivity index (χ4n) is 3.41. The van der Waals surface area contributed by atoms with E-state index in [9.17, 15) is 0 Å². The molecule has 2 heteroatoms. The molecule has 0 bridgehead atoms. The lowest BCUT2D eigenvalue weighted by Crippen LogP contribution is -2.39. The predicted octanol–water partition coefficient (Wildman–Crippen LogP) is 4.67. The van der Waals surface area contributed by atoms with Crippen molar-refractivity contribution in [2.75, 3.05) is 6.54 Å². The van der Waals surface area contributed by atoms with Crippen LogP contribution in [0.3, 0.4) is 0 Å². The van der Waals surface area contributed by atoms with Gasteiger partial charge < -0.3 is 9.73 Å². The van der Waals surface area contributed by atoms with Crippen LogP contribution in [0.4, 0.5) is 0 Å². The van der Waals surface area contributed by atoms with E-state index < -0.39 is 0 Å². The molecule has 0 spiro atoms. The van der Waals surface area contributed by atoms with E-state index in [0.29, 0.717) is 5.41 Å². The first-order valence-electron chi connectivity index (χ1n) is 7.98. The van der Waals surface area contributed by atoms with Crippen molar-refractivity contribution in [3.05, 3.63) is 35.6 Å². The molecule has 1 heterocycles. The Labute approximate surface area is 121 Å². The number of fused-ring (bicyclic) bond motifs is 1. The van der Waals surface area contributed by atoms with E-state index >= 15 is 0 Å². The maximum atomic E-state index is 5.96. The predicted molar refractivity (Wildman–Crippen MR) is 83.9 cm³/mol. The number of nitrogens with one attached hydrogen (secondary N) is 1. The highest BCUT2D eigenvalue weighted by Gasteiger charge is 2.34. The Bertz CT molecular complexity index is 575. The van der Waals surface area contributed by atoms with Gasteiger partial charge in [0.15, 0.2) is 0 Å². The molecule has 1 aliphatic rings. The molecule has 1 N–H and O–H groups in total. The molecule has 0 radical (unpaired) electrons. The van der Waals surface area contributed by atoms with Gasteiger partial charge in [-0.2, -0.15) is 0 Å². The second-order valence-electron chi connectivity index (χ2n) is 6.16. The normalized spacial score (nSPS) is 17.3. The SMILES string of the molecule is CCc1oc2ccccc2c1CNCC1(CC)CCC1. The number of hydrogen-bond donors (Lipinski definition) is 1. The van der Waals surface area contributed by atoms with Crippen molar-refractivity contribution in [2.24, 2.45) is 5.41 Å². The molecule has 0 aliphatic heterocycles. The average molecular weight is 271 g/mol. The van der Waals surface area contributed by atoms with Gasteiger partial charge in [-0.1, -0.05) is 38.5 Å². The molecule has 1 aromatic heterocycles. The summed E-state index contributed by atoms with van der Waals surface area (Å²) in [6.07, 6.45) is 6.45. The smallest absolute Gasteiger partial charge is 0.134 e. The van der Waals surface area contributed by atoms with E-state index in [1.807, 2.05) is 6.07 Å². The summed E-state index contributed by atoms with van der Waals surface area (Å²) in [6.45, 7) is 6.57. The molecule has 20 heavy (non-hydrogen) atoms. The number of rotatable bonds is 6. The minimum absolute atomic E-state index is 0.575. The summed E-state index contributed by atoms with van der Waals surface area (Å²) in [5.74, 6) is 1.14. The highest BCUT2D eigenvalue weighted by atomic mass is 16.3. The summed E-state index contributed by atoms with van der Waals surface area (Å²) in [6, 6.07) is 8.38. The van der Waals surface area contributed by atoms with E-state index in [0.717, 1.165) is 30.9 Å². The van der Waals surface area contributed by atoms with Crippen LogP contribution in [0, 0.1) is 5.41 Å². The van der Waals surface area contributed by atoms with Gasteiger partial charge >= 0.3 is 0 Å². The number of benzene rings is 1. The van der Waals surface area contributed by atoms with E-state index in [-0.39, 0.29) is 0 Å². The van der Waals surface area contributed by atoms with Gasteiger partial charge in [-0.3, -0.25) is 0 Å². The summed E-state index contributed by atoms with van der Waals surface area (Å²) in [5.41, 5.74) is 2.95. The Morgan fingerprint density at radius 2 is 2.00 bits per heavy atom. The van der Waals surface area contributed by atoms with Crippen LogP contribution in [0.25, 0.3) is 11.0 Å². The van der Waals surface area contributed by atoms with E-state index in [1.54, 1.807) is 0 Å². The third-order valence-electron chi connectivity index (χ3n) is 5.07. The maximum Gasteiger partial charge on any atom is 0.134 e. The van der Waals surface area contributed by atoms with Crippen molar-refractivity contribution in [2.45, 2.75) is 52.5 Å². The van der Waals surface area contributed by atoms with Crippen LogP contribution in [0.15, 0.2) is 28.7 Å². The zero-order valence-corrected chi connectivity index (χ0v) is 12.7. The largest absolute Gasteiger partial charge is 0.461 e. The lowest BCUT2D eigenvalue weighted by Gasteiger charge is -2.41. The van der Waals surface area contributed by atoms with E-state index in [1.165, 1.54) is 36.6 Å². The standard InChI is InChI=1S/C18H25NO/c1-3-16-15(14-8-5-6-9-17(14)20-16)12-19-13-18(4-2)10-7-11-18/h5-6,8-9,19H,3-4,7,10-13H2,1-2H3. The van der Waals surface area contributed by atoms with Crippen molar-refractivity contribution in [1.82, 2.24) is 5.32 Å². The van der Waals surface area contributed by atoms with Crippen molar-refractivity contribution in [3.8, 4) is 0 Å². The molecule has 1 aromatic carbocycles. The Hall–Kier alpha value is -1.28. The van der Waals surface area contributed by atoms with Gasteiger partial charge in [0.1, 0.15) is 11.3 Å². The van der Waals surface area contributed by atoms with Crippen LogP contribution in [-0.4, -0.2) is 6.54 Å². The molecule has 2 aromatic rings. The van der Waals surface area contributed by atoms with Gasteiger partial charge in [-0.25, -0.2) is 0 Å². The van der Waals surface area contributed by atoms with Gasteiger partial charge in [0.05, 0.1) is 0 Å². The highest BCUT2D eigenvalue weighted by molar-refractivity contribution is 5.82. The second kappa shape index (κ2) is 5.61. The quantitative estimate of drug-likeness (QED) is 0.826. The molecular formula is C18H25NO. The zero-order valence-electron chi connectivity index (χ0n) is 12.7. The molecule has 1 saturated carbocycles. The highest BCUT2D eigenvalue weighted by Crippen LogP contribution is 2.43. The van der Waals surface area contributed by atoms with Crippen LogP contribution in [0.2, 0.25) is 0 Å². The zero-order chi connectivity index (χ0) is 14.0. The van der Waals surface area contributed by atoms with Crippen LogP contribution < -0.4 is 5.32 Å². The summed E-state index contributed by atoms with van der Waals surface area (Å²) >= 11 is 0. The lowest BCUT2D eigenvalue weighted by molar-refractivity contribution is 0.124. The molecule has 1 fully saturated rings. The minimum atomic E-state index is 0.575. The Balaban J connectivity index is 1.73. The van der Waals surface area contributed by atoms with Crippen molar-refractivity contribution in [3.63, 3.8) is 0 Å². The summed E-state index contributed by atoms with van der Waals surface area (Å²) < 4.78 is 5.96. The minimum Gasteiger partial charge on any atom is -0.461 e. The Morgan fingerprint density at radius 3 is 2.65 bits per heavy atom. The van der Waals surface area contributed by atoms with E-state index in [4.69, 9.17) is 4.42 Å². The first kappa shape index (κ1) is 13.7. The van der Waals surface area contributed by atoms with Gasteiger partial charge in [0, 0.05) is 30.5 Å². The van der Waals surface area contributed by atoms with Crippen LogP contribution in [0.5, 0.6) is 0 Å². The van der Waals surface area contributed by atoms with Crippen LogP contribution in [-0.2, 0) is 13.0 Å². The topological polar surface area (TPSA) is 25.2 Å². The Morgan fingerprint density at radius 1 is 1.20 bits per heavy atom. The summed E-state index contributed by atoms with van der Waals surface area (Å²) in [5, 5.41) is 4.96. The molecular weight excluding hydrogens is 246 g/mol. The maximum absolute atomic E-state index is 5.96. The van der Waals surface area contributed by atoms with E-state index in [2.05, 4.69) is 37.4 Å². The molecule has 2 nitrogen and oxygen atoms in total. The van der Waals surface area contributed by atoms with Gasteiger partial charge in [-0.05, 0) is 30.7 Å². The molecule has 0 atom stereocenters. The molecule has 0 amide bonds.